The van der Waals surface area contributed by atoms with Gasteiger partial charge >= 0.3 is 0 Å². The molecule has 1 heterocycles. The lowest BCUT2D eigenvalue weighted by molar-refractivity contribution is 0.563. The molecule has 0 unspecified atom stereocenters. The molecule has 0 aliphatic heterocycles. The summed E-state index contributed by atoms with van der Waals surface area (Å²) in [5, 5.41) is 3.41. The van der Waals surface area contributed by atoms with Gasteiger partial charge in [0.2, 0.25) is 0 Å². The Labute approximate surface area is 118 Å². The van der Waals surface area contributed by atoms with E-state index in [-0.39, 0.29) is 5.82 Å². The SMILES string of the molecule is CN(Cc1ccoc1)c1cc(F)cc(CNC2CC2)c1. The molecule has 4 heteroatoms. The molecule has 3 nitrogen and oxygen atoms in total. The van der Waals surface area contributed by atoms with E-state index in [0.717, 1.165) is 23.4 Å². The van der Waals surface area contributed by atoms with Crippen LogP contribution in [0.25, 0.3) is 0 Å². The standard InChI is InChI=1S/C16H19FN2O/c1-19(10-12-4-5-20-11-12)16-7-13(6-14(17)8-16)9-18-15-2-3-15/h4-8,11,15,18H,2-3,9-10H2,1H3. The molecule has 0 bridgehead atoms. The fourth-order valence-electron chi connectivity index (χ4n) is 2.25. The Bertz CT molecular complexity index is 564. The van der Waals surface area contributed by atoms with E-state index in [9.17, 15) is 4.39 Å². The number of anilines is 1. The molecule has 0 amide bonds. The van der Waals surface area contributed by atoms with Gasteiger partial charge in [0, 0.05) is 37.4 Å². The van der Waals surface area contributed by atoms with E-state index in [4.69, 9.17) is 4.42 Å². The zero-order valence-corrected chi connectivity index (χ0v) is 11.6. The van der Waals surface area contributed by atoms with Crippen molar-refractivity contribution in [1.29, 1.82) is 0 Å². The molecule has 1 aromatic heterocycles. The monoisotopic (exact) mass is 274 g/mol. The maximum Gasteiger partial charge on any atom is 0.125 e. The number of furan rings is 1. The van der Waals surface area contributed by atoms with Crippen LogP contribution in [0.2, 0.25) is 0 Å². The van der Waals surface area contributed by atoms with Crippen LogP contribution in [-0.2, 0) is 13.1 Å². The first-order valence-electron chi connectivity index (χ1n) is 6.96. The quantitative estimate of drug-likeness (QED) is 0.876. The second kappa shape index (κ2) is 5.67. The highest BCUT2D eigenvalue weighted by Gasteiger charge is 2.20. The Kier molecular flexibility index (Phi) is 3.74. The molecule has 1 aliphatic rings. The van der Waals surface area contributed by atoms with Crippen LogP contribution in [0.4, 0.5) is 10.1 Å². The number of nitrogens with one attached hydrogen (secondary N) is 1. The summed E-state index contributed by atoms with van der Waals surface area (Å²) < 4.78 is 18.8. The first kappa shape index (κ1) is 13.2. The molecule has 0 atom stereocenters. The van der Waals surface area contributed by atoms with Crippen LogP contribution >= 0.6 is 0 Å². The predicted octanol–water partition coefficient (Wildman–Crippen LogP) is 3.31. The Balaban J connectivity index is 1.70. The van der Waals surface area contributed by atoms with Crippen LogP contribution in [0.15, 0.2) is 41.2 Å². The van der Waals surface area contributed by atoms with Gasteiger partial charge in [0.25, 0.3) is 0 Å². The van der Waals surface area contributed by atoms with Crippen molar-refractivity contribution in [3.8, 4) is 0 Å². The van der Waals surface area contributed by atoms with Gasteiger partial charge in [-0.25, -0.2) is 4.39 Å². The van der Waals surface area contributed by atoms with Gasteiger partial charge in [-0.2, -0.15) is 0 Å². The molecule has 20 heavy (non-hydrogen) atoms. The Morgan fingerprint density at radius 2 is 2.15 bits per heavy atom. The van der Waals surface area contributed by atoms with Crippen molar-refractivity contribution in [2.75, 3.05) is 11.9 Å². The van der Waals surface area contributed by atoms with Crippen LogP contribution in [0.3, 0.4) is 0 Å². The third kappa shape index (κ3) is 3.39. The van der Waals surface area contributed by atoms with Gasteiger partial charge in [0.05, 0.1) is 12.5 Å². The van der Waals surface area contributed by atoms with Gasteiger partial charge in [-0.15, -0.1) is 0 Å². The van der Waals surface area contributed by atoms with E-state index in [1.54, 1.807) is 24.7 Å². The average molecular weight is 274 g/mol. The van der Waals surface area contributed by atoms with Crippen LogP contribution in [0, 0.1) is 5.82 Å². The molecule has 1 aliphatic carbocycles. The molecule has 0 radical (unpaired) electrons. The Morgan fingerprint density at radius 3 is 2.85 bits per heavy atom. The van der Waals surface area contributed by atoms with E-state index >= 15 is 0 Å². The highest BCUT2D eigenvalue weighted by molar-refractivity contribution is 5.48. The van der Waals surface area contributed by atoms with Crippen molar-refractivity contribution >= 4 is 5.69 Å². The number of hydrogen-bond donors (Lipinski definition) is 1. The van der Waals surface area contributed by atoms with Crippen molar-refractivity contribution < 1.29 is 8.81 Å². The molecule has 3 rings (SSSR count). The van der Waals surface area contributed by atoms with E-state index in [1.165, 1.54) is 12.8 Å². The third-order valence-electron chi connectivity index (χ3n) is 3.56. The second-order valence-corrected chi connectivity index (χ2v) is 5.46. The van der Waals surface area contributed by atoms with Crippen LogP contribution in [0.1, 0.15) is 24.0 Å². The molecule has 1 fully saturated rings. The lowest BCUT2D eigenvalue weighted by Crippen LogP contribution is -2.18. The molecule has 1 N–H and O–H groups in total. The first-order chi connectivity index (χ1) is 9.70. The number of rotatable bonds is 6. The topological polar surface area (TPSA) is 28.4 Å². The number of nitrogens with zero attached hydrogens (tertiary/aromatic N) is 1. The fourth-order valence-corrected chi connectivity index (χ4v) is 2.25. The second-order valence-electron chi connectivity index (χ2n) is 5.46. The summed E-state index contributed by atoms with van der Waals surface area (Å²) in [6.45, 7) is 1.43. The molecule has 0 saturated heterocycles. The molecule has 1 saturated carbocycles. The van der Waals surface area contributed by atoms with E-state index in [2.05, 4.69) is 5.32 Å². The minimum Gasteiger partial charge on any atom is -0.472 e. The summed E-state index contributed by atoms with van der Waals surface area (Å²) in [6.07, 6.45) is 5.84. The zero-order chi connectivity index (χ0) is 13.9. The minimum atomic E-state index is -0.186. The number of benzene rings is 1. The van der Waals surface area contributed by atoms with Crippen molar-refractivity contribution in [3.63, 3.8) is 0 Å². The molecule has 1 aromatic carbocycles. The van der Waals surface area contributed by atoms with Gasteiger partial charge in [-0.05, 0) is 42.7 Å². The summed E-state index contributed by atoms with van der Waals surface area (Å²) in [7, 11) is 1.96. The summed E-state index contributed by atoms with van der Waals surface area (Å²) in [5.41, 5.74) is 2.96. The van der Waals surface area contributed by atoms with Crippen LogP contribution < -0.4 is 10.2 Å². The third-order valence-corrected chi connectivity index (χ3v) is 3.56. The summed E-state index contributed by atoms with van der Waals surface area (Å²) >= 11 is 0. The van der Waals surface area contributed by atoms with Gasteiger partial charge in [-0.3, -0.25) is 0 Å². The van der Waals surface area contributed by atoms with Crippen molar-refractivity contribution in [3.05, 3.63) is 53.7 Å². The van der Waals surface area contributed by atoms with E-state index in [1.807, 2.05) is 24.1 Å². The molecule has 0 spiro atoms. The summed E-state index contributed by atoms with van der Waals surface area (Å²) in [4.78, 5) is 2.02. The summed E-state index contributed by atoms with van der Waals surface area (Å²) in [6, 6.07) is 7.76. The first-order valence-corrected chi connectivity index (χ1v) is 6.96. The lowest BCUT2D eigenvalue weighted by Gasteiger charge is -2.19. The Hall–Kier alpha value is -1.81. The predicted molar refractivity (Wildman–Crippen MR) is 77.1 cm³/mol. The van der Waals surface area contributed by atoms with Crippen LogP contribution in [0.5, 0.6) is 0 Å². The van der Waals surface area contributed by atoms with Gasteiger partial charge < -0.3 is 14.6 Å². The Morgan fingerprint density at radius 1 is 1.30 bits per heavy atom. The normalized spacial score (nSPS) is 14.5. The summed E-state index contributed by atoms with van der Waals surface area (Å²) in [5.74, 6) is -0.186. The van der Waals surface area contributed by atoms with Gasteiger partial charge in [0.15, 0.2) is 0 Å². The van der Waals surface area contributed by atoms with Gasteiger partial charge in [0.1, 0.15) is 5.82 Å². The highest BCUT2D eigenvalue weighted by Crippen LogP contribution is 2.22. The van der Waals surface area contributed by atoms with Crippen molar-refractivity contribution in [2.45, 2.75) is 32.0 Å². The molecular formula is C16H19FN2O. The molecular weight excluding hydrogens is 255 g/mol. The highest BCUT2D eigenvalue weighted by atomic mass is 19.1. The van der Waals surface area contributed by atoms with Crippen molar-refractivity contribution in [1.82, 2.24) is 5.32 Å². The molecule has 106 valence electrons. The minimum absolute atomic E-state index is 0.186. The van der Waals surface area contributed by atoms with E-state index in [0.29, 0.717) is 12.6 Å². The average Bonchev–Trinajstić information content (AvgIpc) is 3.12. The maximum atomic E-state index is 13.7. The van der Waals surface area contributed by atoms with Crippen molar-refractivity contribution in [2.24, 2.45) is 0 Å². The smallest absolute Gasteiger partial charge is 0.125 e. The molecule has 2 aromatic rings. The number of hydrogen-bond acceptors (Lipinski definition) is 3. The fraction of sp³-hybridized carbons (Fsp3) is 0.375. The van der Waals surface area contributed by atoms with E-state index < -0.39 is 0 Å². The zero-order valence-electron chi connectivity index (χ0n) is 11.6. The van der Waals surface area contributed by atoms with Gasteiger partial charge in [-0.1, -0.05) is 0 Å². The largest absolute Gasteiger partial charge is 0.472 e. The van der Waals surface area contributed by atoms with Crippen LogP contribution in [-0.4, -0.2) is 13.1 Å². The maximum absolute atomic E-state index is 13.7. The number of halogens is 1. The lowest BCUT2D eigenvalue weighted by atomic mass is 10.1.